The predicted molar refractivity (Wildman–Crippen MR) is 61.6 cm³/mol. The normalized spacial score (nSPS) is 12.6. The molecule has 0 aliphatic heterocycles. The van der Waals surface area contributed by atoms with Gasteiger partial charge < -0.3 is 10.3 Å². The van der Waals surface area contributed by atoms with Gasteiger partial charge in [-0.25, -0.2) is 0 Å². The van der Waals surface area contributed by atoms with E-state index in [1.165, 1.54) is 0 Å². The van der Waals surface area contributed by atoms with Crippen LogP contribution in [0.5, 0.6) is 0 Å². The van der Waals surface area contributed by atoms with E-state index in [9.17, 15) is 0 Å². The van der Waals surface area contributed by atoms with Crippen molar-refractivity contribution >= 4 is 0 Å². The molecule has 1 aromatic carbocycles. The molecule has 0 saturated heterocycles. The highest BCUT2D eigenvalue weighted by Crippen LogP contribution is 2.19. The third-order valence-corrected chi connectivity index (χ3v) is 2.39. The first-order valence-corrected chi connectivity index (χ1v) is 5.46. The fourth-order valence-corrected chi connectivity index (χ4v) is 1.52. The molecular weight excluding hydrogens is 202 g/mol. The number of rotatable bonds is 4. The van der Waals surface area contributed by atoms with Gasteiger partial charge >= 0.3 is 0 Å². The minimum absolute atomic E-state index is 0.133. The summed E-state index contributed by atoms with van der Waals surface area (Å²) in [6, 6.07) is 9.55. The van der Waals surface area contributed by atoms with Crippen LogP contribution in [0, 0.1) is 0 Å². The van der Waals surface area contributed by atoms with E-state index in [-0.39, 0.29) is 6.04 Å². The molecule has 0 saturated carbocycles. The maximum Gasteiger partial charge on any atom is 0.257 e. The van der Waals surface area contributed by atoms with Gasteiger partial charge in [0.25, 0.3) is 5.89 Å². The summed E-state index contributed by atoms with van der Waals surface area (Å²) in [7, 11) is 0. The Morgan fingerprint density at radius 3 is 2.75 bits per heavy atom. The fraction of sp³-hybridized carbons (Fsp3) is 0.333. The van der Waals surface area contributed by atoms with Crippen LogP contribution in [0.4, 0.5) is 0 Å². The van der Waals surface area contributed by atoms with Gasteiger partial charge in [0.15, 0.2) is 5.82 Å². The van der Waals surface area contributed by atoms with Crippen LogP contribution >= 0.6 is 0 Å². The van der Waals surface area contributed by atoms with Crippen LogP contribution in [0.15, 0.2) is 34.9 Å². The highest BCUT2D eigenvalue weighted by Gasteiger charge is 2.13. The van der Waals surface area contributed by atoms with Gasteiger partial charge in [0.05, 0.1) is 6.04 Å². The Balaban J connectivity index is 2.20. The molecule has 0 fully saturated rings. The first kappa shape index (κ1) is 10.8. The standard InChI is InChI=1S/C12H15N3O/c1-2-6-10(13)11-14-12(16-15-11)9-7-4-3-5-8-9/h3-5,7-8,10H,2,6,13H2,1H3. The molecule has 2 aromatic rings. The number of aromatic nitrogens is 2. The number of benzene rings is 1. The monoisotopic (exact) mass is 217 g/mol. The Kier molecular flexibility index (Phi) is 3.31. The molecule has 0 aliphatic carbocycles. The highest BCUT2D eigenvalue weighted by atomic mass is 16.5. The lowest BCUT2D eigenvalue weighted by Gasteiger charge is -2.02. The van der Waals surface area contributed by atoms with E-state index in [4.69, 9.17) is 10.3 Å². The first-order valence-electron chi connectivity index (χ1n) is 5.46. The van der Waals surface area contributed by atoms with Crippen molar-refractivity contribution in [2.75, 3.05) is 0 Å². The van der Waals surface area contributed by atoms with E-state index < -0.39 is 0 Å². The molecular formula is C12H15N3O. The van der Waals surface area contributed by atoms with Gasteiger partial charge in [-0.05, 0) is 18.6 Å². The van der Waals surface area contributed by atoms with Crippen LogP contribution in [-0.4, -0.2) is 10.1 Å². The van der Waals surface area contributed by atoms with Gasteiger partial charge in [0.2, 0.25) is 0 Å². The molecule has 2 N–H and O–H groups in total. The minimum atomic E-state index is -0.133. The van der Waals surface area contributed by atoms with E-state index in [1.54, 1.807) is 0 Å². The van der Waals surface area contributed by atoms with Crippen molar-refractivity contribution in [1.82, 2.24) is 10.1 Å². The Bertz CT molecular complexity index is 439. The van der Waals surface area contributed by atoms with Gasteiger partial charge in [-0.3, -0.25) is 0 Å². The Labute approximate surface area is 94.5 Å². The zero-order valence-corrected chi connectivity index (χ0v) is 9.26. The van der Waals surface area contributed by atoms with Crippen molar-refractivity contribution in [3.63, 3.8) is 0 Å². The van der Waals surface area contributed by atoms with E-state index in [0.29, 0.717) is 11.7 Å². The van der Waals surface area contributed by atoms with Gasteiger partial charge in [-0.1, -0.05) is 36.7 Å². The summed E-state index contributed by atoms with van der Waals surface area (Å²) < 4.78 is 5.18. The van der Waals surface area contributed by atoms with Crippen molar-refractivity contribution in [2.45, 2.75) is 25.8 Å². The largest absolute Gasteiger partial charge is 0.334 e. The lowest BCUT2D eigenvalue weighted by molar-refractivity contribution is 0.413. The van der Waals surface area contributed by atoms with Crippen molar-refractivity contribution in [1.29, 1.82) is 0 Å². The molecule has 4 nitrogen and oxygen atoms in total. The molecule has 0 bridgehead atoms. The summed E-state index contributed by atoms with van der Waals surface area (Å²) in [5.74, 6) is 1.11. The second-order valence-electron chi connectivity index (χ2n) is 3.72. The average molecular weight is 217 g/mol. The number of nitrogens with two attached hydrogens (primary N) is 1. The van der Waals surface area contributed by atoms with Crippen molar-refractivity contribution in [3.8, 4) is 11.5 Å². The molecule has 1 heterocycles. The van der Waals surface area contributed by atoms with Crippen molar-refractivity contribution in [3.05, 3.63) is 36.2 Å². The van der Waals surface area contributed by atoms with Crippen molar-refractivity contribution < 1.29 is 4.52 Å². The molecule has 4 heteroatoms. The molecule has 0 amide bonds. The third kappa shape index (κ3) is 2.28. The van der Waals surface area contributed by atoms with Crippen LogP contribution in [0.2, 0.25) is 0 Å². The SMILES string of the molecule is CCCC(N)c1noc(-c2ccccc2)n1. The predicted octanol–water partition coefficient (Wildman–Crippen LogP) is 2.54. The first-order chi connectivity index (χ1) is 7.81. The second-order valence-corrected chi connectivity index (χ2v) is 3.72. The van der Waals surface area contributed by atoms with Gasteiger partial charge in [0, 0.05) is 5.56 Å². The lowest BCUT2D eigenvalue weighted by atomic mass is 10.2. The van der Waals surface area contributed by atoms with E-state index in [1.807, 2.05) is 30.3 Å². The summed E-state index contributed by atoms with van der Waals surface area (Å²) in [4.78, 5) is 4.30. The molecule has 84 valence electrons. The summed E-state index contributed by atoms with van der Waals surface area (Å²) in [5, 5.41) is 3.90. The molecule has 0 radical (unpaired) electrons. The van der Waals surface area contributed by atoms with Crippen LogP contribution in [0.3, 0.4) is 0 Å². The number of hydrogen-bond donors (Lipinski definition) is 1. The van der Waals surface area contributed by atoms with Crippen LogP contribution < -0.4 is 5.73 Å². The van der Waals surface area contributed by atoms with Gasteiger partial charge in [-0.15, -0.1) is 0 Å². The van der Waals surface area contributed by atoms with Crippen LogP contribution in [0.25, 0.3) is 11.5 Å². The lowest BCUT2D eigenvalue weighted by Crippen LogP contribution is -2.11. The van der Waals surface area contributed by atoms with E-state index >= 15 is 0 Å². The smallest absolute Gasteiger partial charge is 0.257 e. The fourth-order valence-electron chi connectivity index (χ4n) is 1.52. The second kappa shape index (κ2) is 4.90. The van der Waals surface area contributed by atoms with Crippen LogP contribution in [-0.2, 0) is 0 Å². The Hall–Kier alpha value is -1.68. The molecule has 1 atom stereocenters. The zero-order valence-electron chi connectivity index (χ0n) is 9.26. The van der Waals surface area contributed by atoms with Gasteiger partial charge in [0.1, 0.15) is 0 Å². The molecule has 16 heavy (non-hydrogen) atoms. The van der Waals surface area contributed by atoms with Crippen molar-refractivity contribution in [2.24, 2.45) is 5.73 Å². The molecule has 2 rings (SSSR count). The maximum absolute atomic E-state index is 5.91. The molecule has 0 spiro atoms. The number of hydrogen-bond acceptors (Lipinski definition) is 4. The maximum atomic E-state index is 5.91. The molecule has 0 aliphatic rings. The topological polar surface area (TPSA) is 64.9 Å². The quantitative estimate of drug-likeness (QED) is 0.854. The molecule has 1 unspecified atom stereocenters. The van der Waals surface area contributed by atoms with Gasteiger partial charge in [-0.2, -0.15) is 4.98 Å². The Morgan fingerprint density at radius 2 is 2.06 bits per heavy atom. The summed E-state index contributed by atoms with van der Waals surface area (Å²) in [6.07, 6.45) is 1.88. The molecule has 1 aromatic heterocycles. The highest BCUT2D eigenvalue weighted by molar-refractivity contribution is 5.52. The zero-order chi connectivity index (χ0) is 11.4. The number of nitrogens with zero attached hydrogens (tertiary/aromatic N) is 2. The van der Waals surface area contributed by atoms with E-state index in [0.717, 1.165) is 18.4 Å². The Morgan fingerprint density at radius 1 is 1.31 bits per heavy atom. The minimum Gasteiger partial charge on any atom is -0.334 e. The van der Waals surface area contributed by atoms with Crippen LogP contribution in [0.1, 0.15) is 31.6 Å². The summed E-state index contributed by atoms with van der Waals surface area (Å²) in [5.41, 5.74) is 6.83. The third-order valence-electron chi connectivity index (χ3n) is 2.39. The average Bonchev–Trinajstić information content (AvgIpc) is 2.80. The summed E-state index contributed by atoms with van der Waals surface area (Å²) in [6.45, 7) is 2.08. The van der Waals surface area contributed by atoms with E-state index in [2.05, 4.69) is 17.1 Å². The summed E-state index contributed by atoms with van der Waals surface area (Å²) >= 11 is 0.